The van der Waals surface area contributed by atoms with Crippen LogP contribution in [0.5, 0.6) is 0 Å². The maximum absolute atomic E-state index is 10.5. The first-order valence-electron chi connectivity index (χ1n) is 5.71. The second-order valence-electron chi connectivity index (χ2n) is 4.20. The monoisotopic (exact) mass is 216 g/mol. The SMILES string of the molecule is N#CC(O)(c1ccccc1)N1CCCCC1. The maximum atomic E-state index is 10.5. The van der Waals surface area contributed by atoms with Crippen LogP contribution in [0.2, 0.25) is 0 Å². The van der Waals surface area contributed by atoms with Crippen molar-refractivity contribution in [2.75, 3.05) is 13.1 Å². The summed E-state index contributed by atoms with van der Waals surface area (Å²) in [4.78, 5) is 1.87. The largest absolute Gasteiger partial charge is 0.360 e. The summed E-state index contributed by atoms with van der Waals surface area (Å²) in [6.07, 6.45) is 3.29. The van der Waals surface area contributed by atoms with Crippen molar-refractivity contribution in [2.24, 2.45) is 0 Å². The summed E-state index contributed by atoms with van der Waals surface area (Å²) in [5.74, 6) is 0. The molecule has 1 unspecified atom stereocenters. The Kier molecular flexibility index (Phi) is 3.23. The third kappa shape index (κ3) is 1.95. The van der Waals surface area contributed by atoms with Gasteiger partial charge < -0.3 is 5.11 Å². The summed E-state index contributed by atoms with van der Waals surface area (Å²) in [5.41, 5.74) is -0.791. The molecule has 1 fully saturated rings. The first-order chi connectivity index (χ1) is 7.77. The van der Waals surface area contributed by atoms with E-state index in [1.165, 1.54) is 6.42 Å². The number of likely N-dealkylation sites (tertiary alicyclic amines) is 1. The van der Waals surface area contributed by atoms with Crippen LogP contribution in [0.1, 0.15) is 24.8 Å². The van der Waals surface area contributed by atoms with Gasteiger partial charge in [-0.1, -0.05) is 36.8 Å². The van der Waals surface area contributed by atoms with Crippen molar-refractivity contribution in [3.63, 3.8) is 0 Å². The normalized spacial score (nSPS) is 21.0. The predicted molar refractivity (Wildman–Crippen MR) is 61.4 cm³/mol. The molecule has 3 nitrogen and oxygen atoms in total. The summed E-state index contributed by atoms with van der Waals surface area (Å²) < 4.78 is 0. The number of hydrogen-bond acceptors (Lipinski definition) is 3. The van der Waals surface area contributed by atoms with E-state index < -0.39 is 5.72 Å². The molecule has 1 N–H and O–H groups in total. The zero-order valence-corrected chi connectivity index (χ0v) is 9.26. The fourth-order valence-electron chi connectivity index (χ4n) is 2.21. The molecular weight excluding hydrogens is 200 g/mol. The van der Waals surface area contributed by atoms with Crippen LogP contribution >= 0.6 is 0 Å². The summed E-state index contributed by atoms with van der Waals surface area (Å²) in [5, 5.41) is 19.7. The summed E-state index contributed by atoms with van der Waals surface area (Å²) in [7, 11) is 0. The first kappa shape index (κ1) is 11.1. The lowest BCUT2D eigenvalue weighted by Crippen LogP contribution is -2.47. The number of piperidine rings is 1. The maximum Gasteiger partial charge on any atom is 0.234 e. The topological polar surface area (TPSA) is 47.3 Å². The van der Waals surface area contributed by atoms with Crippen LogP contribution in [0.4, 0.5) is 0 Å². The number of rotatable bonds is 2. The molecule has 1 saturated heterocycles. The molecule has 0 aromatic heterocycles. The molecule has 0 saturated carbocycles. The van der Waals surface area contributed by atoms with Gasteiger partial charge in [-0.3, -0.25) is 4.90 Å². The van der Waals surface area contributed by atoms with Crippen LogP contribution in [-0.2, 0) is 5.72 Å². The van der Waals surface area contributed by atoms with Crippen molar-refractivity contribution >= 4 is 0 Å². The Morgan fingerprint density at radius 2 is 1.75 bits per heavy atom. The fourth-order valence-corrected chi connectivity index (χ4v) is 2.21. The smallest absolute Gasteiger partial charge is 0.234 e. The Morgan fingerprint density at radius 3 is 2.31 bits per heavy atom. The van der Waals surface area contributed by atoms with Crippen molar-refractivity contribution in [3.8, 4) is 6.07 Å². The molecule has 1 aromatic carbocycles. The van der Waals surface area contributed by atoms with Crippen molar-refractivity contribution in [1.82, 2.24) is 4.90 Å². The number of hydrogen-bond donors (Lipinski definition) is 1. The van der Waals surface area contributed by atoms with E-state index in [-0.39, 0.29) is 0 Å². The average Bonchev–Trinajstić information content (AvgIpc) is 2.40. The molecule has 0 radical (unpaired) electrons. The first-order valence-corrected chi connectivity index (χ1v) is 5.71. The standard InChI is InChI=1S/C13H16N2O/c14-11-13(16,12-7-3-1-4-8-12)15-9-5-2-6-10-15/h1,3-4,7-8,16H,2,5-6,9-10H2. The van der Waals surface area contributed by atoms with E-state index in [0.717, 1.165) is 25.9 Å². The Hall–Kier alpha value is -1.37. The summed E-state index contributed by atoms with van der Waals surface area (Å²) in [6, 6.07) is 11.2. The van der Waals surface area contributed by atoms with Gasteiger partial charge in [-0.05, 0) is 12.8 Å². The second kappa shape index (κ2) is 4.65. The van der Waals surface area contributed by atoms with Gasteiger partial charge in [0, 0.05) is 18.7 Å². The predicted octanol–water partition coefficient (Wildman–Crippen LogP) is 1.84. The van der Waals surface area contributed by atoms with Gasteiger partial charge in [0.05, 0.1) is 0 Å². The van der Waals surface area contributed by atoms with E-state index in [0.29, 0.717) is 5.56 Å². The Morgan fingerprint density at radius 1 is 1.12 bits per heavy atom. The van der Waals surface area contributed by atoms with E-state index in [1.54, 1.807) is 12.1 Å². The van der Waals surface area contributed by atoms with Crippen LogP contribution in [0.15, 0.2) is 30.3 Å². The molecule has 0 spiro atoms. The van der Waals surface area contributed by atoms with Gasteiger partial charge in [-0.25, -0.2) is 0 Å². The van der Waals surface area contributed by atoms with Gasteiger partial charge in [0.15, 0.2) is 0 Å². The molecule has 3 heteroatoms. The van der Waals surface area contributed by atoms with Crippen molar-refractivity contribution < 1.29 is 5.11 Å². The van der Waals surface area contributed by atoms with Crippen LogP contribution in [0, 0.1) is 11.3 Å². The zero-order chi connectivity index (χ0) is 11.4. The van der Waals surface area contributed by atoms with E-state index in [2.05, 4.69) is 0 Å². The van der Waals surface area contributed by atoms with E-state index in [9.17, 15) is 10.4 Å². The van der Waals surface area contributed by atoms with Gasteiger partial charge in [0.25, 0.3) is 0 Å². The minimum atomic E-state index is -1.46. The van der Waals surface area contributed by atoms with Crippen molar-refractivity contribution in [1.29, 1.82) is 5.26 Å². The quantitative estimate of drug-likeness (QED) is 0.767. The molecule has 0 amide bonds. The lowest BCUT2D eigenvalue weighted by atomic mass is 9.99. The molecule has 0 bridgehead atoms. The molecule has 0 aliphatic carbocycles. The number of aliphatic hydroxyl groups is 1. The summed E-state index contributed by atoms with van der Waals surface area (Å²) in [6.45, 7) is 1.58. The molecule has 1 atom stereocenters. The highest BCUT2D eigenvalue weighted by Crippen LogP contribution is 2.27. The van der Waals surface area contributed by atoms with Crippen LogP contribution in [0.25, 0.3) is 0 Å². The van der Waals surface area contributed by atoms with Crippen LogP contribution in [0.3, 0.4) is 0 Å². The Labute approximate surface area is 95.9 Å². The molecular formula is C13H16N2O. The van der Waals surface area contributed by atoms with E-state index in [4.69, 9.17) is 0 Å². The highest BCUT2D eigenvalue weighted by atomic mass is 16.3. The molecule has 1 aromatic rings. The highest BCUT2D eigenvalue weighted by Gasteiger charge is 2.36. The van der Waals surface area contributed by atoms with Crippen molar-refractivity contribution in [2.45, 2.75) is 25.0 Å². The number of nitriles is 1. The molecule has 1 aliphatic heterocycles. The van der Waals surface area contributed by atoms with Gasteiger partial charge in [-0.15, -0.1) is 0 Å². The fraction of sp³-hybridized carbons (Fsp3) is 0.462. The lowest BCUT2D eigenvalue weighted by molar-refractivity contribution is -0.0761. The van der Waals surface area contributed by atoms with Crippen LogP contribution in [-0.4, -0.2) is 23.1 Å². The van der Waals surface area contributed by atoms with Gasteiger partial charge in [0.2, 0.25) is 5.72 Å². The molecule has 84 valence electrons. The summed E-state index contributed by atoms with van der Waals surface area (Å²) >= 11 is 0. The Bertz CT molecular complexity index is 379. The third-order valence-corrected chi connectivity index (χ3v) is 3.15. The Balaban J connectivity index is 2.29. The molecule has 1 aliphatic rings. The van der Waals surface area contributed by atoms with Gasteiger partial charge >= 0.3 is 0 Å². The number of benzene rings is 1. The van der Waals surface area contributed by atoms with Gasteiger partial charge in [-0.2, -0.15) is 5.26 Å². The van der Waals surface area contributed by atoms with E-state index in [1.807, 2.05) is 29.2 Å². The van der Waals surface area contributed by atoms with Crippen molar-refractivity contribution in [3.05, 3.63) is 35.9 Å². The second-order valence-corrected chi connectivity index (χ2v) is 4.20. The minimum Gasteiger partial charge on any atom is -0.360 e. The number of nitrogens with zero attached hydrogens (tertiary/aromatic N) is 2. The molecule has 2 rings (SSSR count). The highest BCUT2D eigenvalue weighted by molar-refractivity contribution is 5.27. The third-order valence-electron chi connectivity index (χ3n) is 3.15. The minimum absolute atomic E-state index is 0.666. The van der Waals surface area contributed by atoms with Gasteiger partial charge in [0.1, 0.15) is 6.07 Å². The molecule has 16 heavy (non-hydrogen) atoms. The lowest BCUT2D eigenvalue weighted by Gasteiger charge is -2.37. The molecule has 1 heterocycles. The van der Waals surface area contributed by atoms with E-state index >= 15 is 0 Å². The zero-order valence-electron chi connectivity index (χ0n) is 9.26. The average molecular weight is 216 g/mol. The van der Waals surface area contributed by atoms with Crippen LogP contribution < -0.4 is 0 Å².